The number of aliphatic hydroxyl groups is 1. The summed E-state index contributed by atoms with van der Waals surface area (Å²) in [5, 5.41) is 11.5. The molecule has 0 unspecified atom stereocenters. The third-order valence-electron chi connectivity index (χ3n) is 3.32. The third-order valence-corrected chi connectivity index (χ3v) is 3.32. The van der Waals surface area contributed by atoms with E-state index in [1.54, 1.807) is 0 Å². The van der Waals surface area contributed by atoms with Gasteiger partial charge in [0.05, 0.1) is 25.7 Å². The summed E-state index contributed by atoms with van der Waals surface area (Å²) in [7, 11) is 0. The lowest BCUT2D eigenvalue weighted by Crippen LogP contribution is -2.31. The van der Waals surface area contributed by atoms with E-state index in [9.17, 15) is 4.79 Å². The van der Waals surface area contributed by atoms with E-state index in [1.165, 1.54) is 5.56 Å². The van der Waals surface area contributed by atoms with Crippen LogP contribution in [0.1, 0.15) is 37.8 Å². The Labute approximate surface area is 127 Å². The molecule has 0 bridgehead atoms. The summed E-state index contributed by atoms with van der Waals surface area (Å²) in [4.78, 5) is 12.2. The van der Waals surface area contributed by atoms with Crippen LogP contribution in [0.4, 0.5) is 0 Å². The Morgan fingerprint density at radius 1 is 1.24 bits per heavy atom. The highest BCUT2D eigenvalue weighted by atomic mass is 16.5. The number of rotatable bonds is 9. The van der Waals surface area contributed by atoms with Crippen molar-refractivity contribution in [3.8, 4) is 0 Å². The number of ether oxygens (including phenoxy) is 1. The fraction of sp³-hybridized carbons (Fsp3) is 0.588. The van der Waals surface area contributed by atoms with Crippen molar-refractivity contribution < 1.29 is 14.6 Å². The van der Waals surface area contributed by atoms with Gasteiger partial charge in [-0.2, -0.15) is 0 Å². The van der Waals surface area contributed by atoms with Crippen molar-refractivity contribution in [3.63, 3.8) is 0 Å². The molecule has 21 heavy (non-hydrogen) atoms. The average Bonchev–Trinajstić information content (AvgIpc) is 2.46. The smallest absolute Gasteiger partial charge is 0.227 e. The van der Waals surface area contributed by atoms with E-state index in [-0.39, 0.29) is 18.4 Å². The van der Waals surface area contributed by atoms with Gasteiger partial charge in [0, 0.05) is 6.54 Å². The van der Waals surface area contributed by atoms with Gasteiger partial charge in [-0.1, -0.05) is 38.1 Å². The van der Waals surface area contributed by atoms with Crippen molar-refractivity contribution >= 4 is 5.91 Å². The van der Waals surface area contributed by atoms with Crippen molar-refractivity contribution in [2.45, 2.75) is 33.1 Å². The summed E-state index contributed by atoms with van der Waals surface area (Å²) in [5.74, 6) is 0.407. The Morgan fingerprint density at radius 2 is 1.95 bits per heavy atom. The van der Waals surface area contributed by atoms with Crippen LogP contribution in [0.2, 0.25) is 0 Å². The zero-order chi connectivity index (χ0) is 15.7. The molecule has 4 heteroatoms. The van der Waals surface area contributed by atoms with Gasteiger partial charge in [0.2, 0.25) is 5.91 Å². The summed E-state index contributed by atoms with van der Waals surface area (Å²) in [6, 6.07) is 8.13. The highest BCUT2D eigenvalue weighted by Gasteiger charge is 2.18. The number of aliphatic hydroxyl groups excluding tert-OH is 1. The number of carbonyl (C=O) groups excluding carboxylic acids is 1. The summed E-state index contributed by atoms with van der Waals surface area (Å²) < 4.78 is 5.13. The molecule has 0 aliphatic heterocycles. The Morgan fingerprint density at radius 3 is 2.62 bits per heavy atom. The molecular formula is C17H27NO3. The van der Waals surface area contributed by atoms with Gasteiger partial charge >= 0.3 is 0 Å². The molecule has 1 aromatic carbocycles. The van der Waals surface area contributed by atoms with Crippen LogP contribution in [0.3, 0.4) is 0 Å². The van der Waals surface area contributed by atoms with Gasteiger partial charge < -0.3 is 15.2 Å². The number of nitrogens with one attached hydrogen (secondary N) is 1. The van der Waals surface area contributed by atoms with E-state index < -0.39 is 0 Å². The lowest BCUT2D eigenvalue weighted by atomic mass is 9.90. The maximum absolute atomic E-state index is 12.2. The Hall–Kier alpha value is -1.39. The molecule has 0 radical (unpaired) electrons. The largest absolute Gasteiger partial charge is 0.394 e. The summed E-state index contributed by atoms with van der Waals surface area (Å²) in [6.07, 6.45) is 0.980. The quantitative estimate of drug-likeness (QED) is 0.686. The highest BCUT2D eigenvalue weighted by molar-refractivity contribution is 5.83. The summed E-state index contributed by atoms with van der Waals surface area (Å²) in [5.41, 5.74) is 2.34. The van der Waals surface area contributed by atoms with Crippen LogP contribution in [0.15, 0.2) is 24.3 Å². The molecule has 0 fully saturated rings. The Bertz CT molecular complexity index is 432. The minimum absolute atomic E-state index is 0.00687. The minimum atomic E-state index is -0.169. The SMILES string of the molecule is CC(C)Cc1ccccc1[C@@H](C)C(=O)NCCOCCO. The van der Waals surface area contributed by atoms with Gasteiger partial charge in [0.15, 0.2) is 0 Å². The van der Waals surface area contributed by atoms with E-state index in [1.807, 2.05) is 25.1 Å². The predicted octanol–water partition coefficient (Wildman–Crippen LogP) is 2.11. The number of amides is 1. The fourth-order valence-corrected chi connectivity index (χ4v) is 2.29. The van der Waals surface area contributed by atoms with Crippen molar-refractivity contribution in [1.29, 1.82) is 0 Å². The molecule has 1 amide bonds. The molecule has 0 aliphatic carbocycles. The predicted molar refractivity (Wildman–Crippen MR) is 84.3 cm³/mol. The van der Waals surface area contributed by atoms with E-state index >= 15 is 0 Å². The van der Waals surface area contributed by atoms with E-state index in [4.69, 9.17) is 9.84 Å². The van der Waals surface area contributed by atoms with E-state index in [0.29, 0.717) is 25.7 Å². The summed E-state index contributed by atoms with van der Waals surface area (Å²) >= 11 is 0. The van der Waals surface area contributed by atoms with Crippen LogP contribution in [-0.4, -0.2) is 37.4 Å². The highest BCUT2D eigenvalue weighted by Crippen LogP contribution is 2.22. The van der Waals surface area contributed by atoms with Crippen molar-refractivity contribution in [2.24, 2.45) is 5.92 Å². The lowest BCUT2D eigenvalue weighted by Gasteiger charge is -2.17. The van der Waals surface area contributed by atoms with Gasteiger partial charge in [-0.15, -0.1) is 0 Å². The minimum Gasteiger partial charge on any atom is -0.394 e. The molecule has 0 aliphatic rings. The first kappa shape index (κ1) is 17.7. The number of benzene rings is 1. The Balaban J connectivity index is 2.57. The molecule has 0 saturated carbocycles. The first-order valence-electron chi connectivity index (χ1n) is 7.60. The number of hydrogen-bond acceptors (Lipinski definition) is 3. The molecule has 0 heterocycles. The Kier molecular flexibility index (Phi) is 8.01. The van der Waals surface area contributed by atoms with Gasteiger partial charge in [0.1, 0.15) is 0 Å². The van der Waals surface area contributed by atoms with Gasteiger partial charge in [-0.05, 0) is 30.4 Å². The topological polar surface area (TPSA) is 58.6 Å². The molecule has 1 atom stereocenters. The van der Waals surface area contributed by atoms with Gasteiger partial charge in [-0.25, -0.2) is 0 Å². The fourth-order valence-electron chi connectivity index (χ4n) is 2.29. The molecule has 0 spiro atoms. The molecule has 4 nitrogen and oxygen atoms in total. The van der Waals surface area contributed by atoms with Crippen LogP contribution < -0.4 is 5.32 Å². The standard InChI is InChI=1S/C17H27NO3/c1-13(2)12-15-6-4-5-7-16(15)14(3)17(20)18-8-10-21-11-9-19/h4-7,13-14,19H,8-12H2,1-3H3,(H,18,20)/t14-/m1/s1. The third kappa shape index (κ3) is 6.27. The van der Waals surface area contributed by atoms with E-state index in [0.717, 1.165) is 12.0 Å². The zero-order valence-corrected chi connectivity index (χ0v) is 13.3. The molecule has 1 rings (SSSR count). The van der Waals surface area contributed by atoms with Crippen LogP contribution in [0.5, 0.6) is 0 Å². The van der Waals surface area contributed by atoms with Crippen LogP contribution in [0.25, 0.3) is 0 Å². The van der Waals surface area contributed by atoms with Crippen LogP contribution in [0, 0.1) is 5.92 Å². The molecular weight excluding hydrogens is 266 g/mol. The maximum atomic E-state index is 12.2. The first-order chi connectivity index (χ1) is 10.1. The second-order valence-electron chi connectivity index (χ2n) is 5.65. The molecule has 0 aromatic heterocycles. The molecule has 1 aromatic rings. The monoisotopic (exact) mass is 293 g/mol. The van der Waals surface area contributed by atoms with Crippen LogP contribution >= 0.6 is 0 Å². The normalized spacial score (nSPS) is 12.4. The van der Waals surface area contributed by atoms with Crippen molar-refractivity contribution in [1.82, 2.24) is 5.32 Å². The second kappa shape index (κ2) is 9.53. The van der Waals surface area contributed by atoms with Gasteiger partial charge in [0.25, 0.3) is 0 Å². The molecule has 2 N–H and O–H groups in total. The van der Waals surface area contributed by atoms with Crippen molar-refractivity contribution in [2.75, 3.05) is 26.4 Å². The maximum Gasteiger partial charge on any atom is 0.227 e. The van der Waals surface area contributed by atoms with Crippen LogP contribution in [-0.2, 0) is 16.0 Å². The van der Waals surface area contributed by atoms with Crippen molar-refractivity contribution in [3.05, 3.63) is 35.4 Å². The second-order valence-corrected chi connectivity index (χ2v) is 5.65. The zero-order valence-electron chi connectivity index (χ0n) is 13.3. The number of carbonyl (C=O) groups is 1. The summed E-state index contributed by atoms with van der Waals surface area (Å²) in [6.45, 7) is 7.50. The first-order valence-corrected chi connectivity index (χ1v) is 7.60. The van der Waals surface area contributed by atoms with E-state index in [2.05, 4.69) is 25.2 Å². The lowest BCUT2D eigenvalue weighted by molar-refractivity contribution is -0.122. The average molecular weight is 293 g/mol. The molecule has 118 valence electrons. The van der Waals surface area contributed by atoms with Gasteiger partial charge in [-0.3, -0.25) is 4.79 Å². The molecule has 0 saturated heterocycles. The number of hydrogen-bond donors (Lipinski definition) is 2.